The number of aromatic nitrogens is 1. The number of nitrogens with zero attached hydrogens (tertiary/aromatic N) is 3. The summed E-state index contributed by atoms with van der Waals surface area (Å²) in [5.74, 6) is 0.240. The van der Waals surface area contributed by atoms with Crippen LogP contribution in [0.5, 0.6) is 0 Å². The molecule has 7 heteroatoms. The summed E-state index contributed by atoms with van der Waals surface area (Å²) in [6.45, 7) is 9.54. The Balaban J connectivity index is 1.95. The van der Waals surface area contributed by atoms with Crippen LogP contribution in [0.1, 0.15) is 31.3 Å². The molecule has 0 saturated carbocycles. The van der Waals surface area contributed by atoms with E-state index in [1.807, 2.05) is 19.9 Å². The van der Waals surface area contributed by atoms with Gasteiger partial charge in [0.25, 0.3) is 5.91 Å². The summed E-state index contributed by atoms with van der Waals surface area (Å²) >= 11 is 0. The van der Waals surface area contributed by atoms with Crippen LogP contribution in [0.3, 0.4) is 0 Å². The van der Waals surface area contributed by atoms with Crippen molar-refractivity contribution in [2.45, 2.75) is 20.8 Å². The average molecular weight is 334 g/mol. The van der Waals surface area contributed by atoms with Gasteiger partial charge in [-0.1, -0.05) is 13.8 Å². The van der Waals surface area contributed by atoms with E-state index in [1.165, 1.54) is 0 Å². The van der Waals surface area contributed by atoms with Gasteiger partial charge in [-0.15, -0.1) is 0 Å². The van der Waals surface area contributed by atoms with Gasteiger partial charge in [-0.3, -0.25) is 9.78 Å². The second-order valence-electron chi connectivity index (χ2n) is 6.18. The molecular formula is C17H26N4O3. The van der Waals surface area contributed by atoms with Crippen molar-refractivity contribution in [3.63, 3.8) is 0 Å². The molecule has 0 radical (unpaired) electrons. The Bertz CT molecular complexity index is 569. The van der Waals surface area contributed by atoms with Crippen LogP contribution in [0.25, 0.3) is 0 Å². The smallest absolute Gasteiger partial charge is 0.409 e. The topological polar surface area (TPSA) is 74.8 Å². The first kappa shape index (κ1) is 18.0. The van der Waals surface area contributed by atoms with E-state index in [-0.39, 0.29) is 12.0 Å². The maximum atomic E-state index is 12.1. The van der Waals surface area contributed by atoms with Crippen molar-refractivity contribution in [1.82, 2.24) is 15.2 Å². The molecule has 7 nitrogen and oxygen atoms in total. The Morgan fingerprint density at radius 3 is 2.62 bits per heavy atom. The number of carbonyl (C=O) groups is 2. The van der Waals surface area contributed by atoms with Crippen LogP contribution in [-0.2, 0) is 4.74 Å². The van der Waals surface area contributed by atoms with Crippen molar-refractivity contribution in [2.75, 3.05) is 44.2 Å². The van der Waals surface area contributed by atoms with Gasteiger partial charge in [-0.2, -0.15) is 0 Å². The average Bonchev–Trinajstić information content (AvgIpc) is 2.60. The van der Waals surface area contributed by atoms with Gasteiger partial charge in [0.15, 0.2) is 0 Å². The monoisotopic (exact) mass is 334 g/mol. The summed E-state index contributed by atoms with van der Waals surface area (Å²) in [5.41, 5.74) is 1.36. The minimum absolute atomic E-state index is 0.157. The van der Waals surface area contributed by atoms with E-state index in [4.69, 9.17) is 4.74 Å². The molecule has 0 aliphatic carbocycles. The third-order valence-corrected chi connectivity index (χ3v) is 3.82. The SMILES string of the molecule is CCOC(=O)N1CCN(c2ccnc(C(=O)NCC(C)C)c2)CC1. The van der Waals surface area contributed by atoms with E-state index in [1.54, 1.807) is 24.1 Å². The number of rotatable bonds is 5. The molecule has 0 aromatic carbocycles. The van der Waals surface area contributed by atoms with Crippen LogP contribution in [0.2, 0.25) is 0 Å². The van der Waals surface area contributed by atoms with E-state index in [2.05, 4.69) is 15.2 Å². The van der Waals surface area contributed by atoms with E-state index in [9.17, 15) is 9.59 Å². The van der Waals surface area contributed by atoms with E-state index < -0.39 is 0 Å². The summed E-state index contributed by atoms with van der Waals surface area (Å²) < 4.78 is 5.02. The van der Waals surface area contributed by atoms with Crippen LogP contribution in [-0.4, -0.2) is 61.2 Å². The molecular weight excluding hydrogens is 308 g/mol. The highest BCUT2D eigenvalue weighted by Gasteiger charge is 2.22. The molecule has 132 valence electrons. The second-order valence-corrected chi connectivity index (χ2v) is 6.18. The fraction of sp³-hybridized carbons (Fsp3) is 0.588. The van der Waals surface area contributed by atoms with Crippen molar-refractivity contribution in [3.05, 3.63) is 24.0 Å². The molecule has 2 heterocycles. The van der Waals surface area contributed by atoms with Crippen LogP contribution in [0.4, 0.5) is 10.5 Å². The van der Waals surface area contributed by atoms with Gasteiger partial charge in [0, 0.05) is 44.6 Å². The van der Waals surface area contributed by atoms with Gasteiger partial charge in [-0.25, -0.2) is 4.79 Å². The first-order valence-corrected chi connectivity index (χ1v) is 8.42. The van der Waals surface area contributed by atoms with Crippen LogP contribution >= 0.6 is 0 Å². The zero-order valence-electron chi connectivity index (χ0n) is 14.6. The van der Waals surface area contributed by atoms with Gasteiger partial charge in [-0.05, 0) is 25.0 Å². The number of piperazine rings is 1. The zero-order chi connectivity index (χ0) is 17.5. The highest BCUT2D eigenvalue weighted by Crippen LogP contribution is 2.17. The Morgan fingerprint density at radius 1 is 1.29 bits per heavy atom. The molecule has 24 heavy (non-hydrogen) atoms. The molecule has 0 atom stereocenters. The molecule has 0 spiro atoms. The maximum Gasteiger partial charge on any atom is 0.409 e. The number of anilines is 1. The van der Waals surface area contributed by atoms with Crippen molar-refractivity contribution in [2.24, 2.45) is 5.92 Å². The summed E-state index contributed by atoms with van der Waals surface area (Å²) in [6, 6.07) is 3.69. The number of hydrogen-bond donors (Lipinski definition) is 1. The molecule has 1 aliphatic heterocycles. The predicted octanol–water partition coefficient (Wildman–Crippen LogP) is 1.75. The lowest BCUT2D eigenvalue weighted by Gasteiger charge is -2.35. The van der Waals surface area contributed by atoms with E-state index >= 15 is 0 Å². The molecule has 2 rings (SSSR count). The lowest BCUT2D eigenvalue weighted by molar-refractivity contribution is 0.0944. The molecule has 0 bridgehead atoms. The van der Waals surface area contributed by atoms with Crippen LogP contribution in [0.15, 0.2) is 18.3 Å². The summed E-state index contributed by atoms with van der Waals surface area (Å²) in [4.78, 5) is 31.9. The number of ether oxygens (including phenoxy) is 1. The molecule has 1 N–H and O–H groups in total. The minimum Gasteiger partial charge on any atom is -0.450 e. The second kappa shape index (κ2) is 8.52. The Kier molecular flexibility index (Phi) is 6.40. The molecule has 1 aliphatic rings. The van der Waals surface area contributed by atoms with Gasteiger partial charge < -0.3 is 19.9 Å². The number of pyridine rings is 1. The van der Waals surface area contributed by atoms with Crippen molar-refractivity contribution in [3.8, 4) is 0 Å². The van der Waals surface area contributed by atoms with Crippen LogP contribution < -0.4 is 10.2 Å². The lowest BCUT2D eigenvalue weighted by Crippen LogP contribution is -2.49. The van der Waals surface area contributed by atoms with E-state index in [0.717, 1.165) is 5.69 Å². The normalized spacial score (nSPS) is 14.7. The number of carbonyl (C=O) groups excluding carboxylic acids is 2. The Morgan fingerprint density at radius 2 is 2.00 bits per heavy atom. The predicted molar refractivity (Wildman–Crippen MR) is 92.2 cm³/mol. The van der Waals surface area contributed by atoms with Gasteiger partial charge in [0.2, 0.25) is 0 Å². The molecule has 1 fully saturated rings. The fourth-order valence-corrected chi connectivity index (χ4v) is 2.49. The maximum absolute atomic E-state index is 12.1. The lowest BCUT2D eigenvalue weighted by atomic mass is 10.2. The molecule has 1 saturated heterocycles. The number of amides is 2. The molecule has 0 unspecified atom stereocenters. The molecule has 1 aromatic heterocycles. The highest BCUT2D eigenvalue weighted by molar-refractivity contribution is 5.93. The Hall–Kier alpha value is -2.31. The minimum atomic E-state index is -0.263. The Labute approximate surface area is 143 Å². The number of hydrogen-bond acceptors (Lipinski definition) is 5. The molecule has 1 aromatic rings. The van der Waals surface area contributed by atoms with Gasteiger partial charge >= 0.3 is 6.09 Å². The van der Waals surface area contributed by atoms with Gasteiger partial charge in [0.05, 0.1) is 6.61 Å². The van der Waals surface area contributed by atoms with Crippen LogP contribution in [0, 0.1) is 5.92 Å². The van der Waals surface area contributed by atoms with E-state index in [0.29, 0.717) is 50.9 Å². The standard InChI is InChI=1S/C17H26N4O3/c1-4-24-17(23)21-9-7-20(8-10-21)14-5-6-18-15(11-14)16(22)19-12-13(2)3/h5-6,11,13H,4,7-10,12H2,1-3H3,(H,19,22). The first-order chi connectivity index (χ1) is 11.5. The van der Waals surface area contributed by atoms with Crippen molar-refractivity contribution >= 4 is 17.7 Å². The first-order valence-electron chi connectivity index (χ1n) is 8.42. The summed E-state index contributed by atoms with van der Waals surface area (Å²) in [6.07, 6.45) is 1.39. The quantitative estimate of drug-likeness (QED) is 0.888. The summed E-state index contributed by atoms with van der Waals surface area (Å²) in [7, 11) is 0. The molecule has 2 amide bonds. The largest absolute Gasteiger partial charge is 0.450 e. The van der Waals surface area contributed by atoms with Gasteiger partial charge in [0.1, 0.15) is 5.69 Å². The third kappa shape index (κ3) is 4.84. The zero-order valence-corrected chi connectivity index (χ0v) is 14.6. The van der Waals surface area contributed by atoms with Crippen molar-refractivity contribution in [1.29, 1.82) is 0 Å². The number of nitrogens with one attached hydrogen (secondary N) is 1. The highest BCUT2D eigenvalue weighted by atomic mass is 16.6. The van der Waals surface area contributed by atoms with Crippen molar-refractivity contribution < 1.29 is 14.3 Å². The summed E-state index contributed by atoms with van der Waals surface area (Å²) in [5, 5.41) is 2.88. The third-order valence-electron chi connectivity index (χ3n) is 3.82. The fourth-order valence-electron chi connectivity index (χ4n) is 2.49.